The molecule has 1 heterocycles. The Morgan fingerprint density at radius 3 is 2.65 bits per heavy atom. The summed E-state index contributed by atoms with van der Waals surface area (Å²) in [6.45, 7) is 1.76. The first kappa shape index (κ1) is 15.0. The number of hydrogen-bond acceptors (Lipinski definition) is 3. The molecule has 0 radical (unpaired) electrons. The molecule has 1 amide bonds. The number of carbonyl (C=O) groups excluding carboxylic acids is 1. The fourth-order valence-corrected chi connectivity index (χ4v) is 2.19. The SMILES string of the molecule is CC(=NNC(=O)Cc1ccc(F)cc1)c1cc2ccccc2o1. The third-order valence-corrected chi connectivity index (χ3v) is 3.41. The maximum absolute atomic E-state index is 12.8. The van der Waals surface area contributed by atoms with Crippen LogP contribution in [0.1, 0.15) is 18.2 Å². The summed E-state index contributed by atoms with van der Waals surface area (Å²) in [7, 11) is 0. The number of benzene rings is 2. The van der Waals surface area contributed by atoms with Crippen molar-refractivity contribution < 1.29 is 13.6 Å². The second-order valence-electron chi connectivity index (χ2n) is 5.18. The first-order chi connectivity index (χ1) is 11.1. The van der Waals surface area contributed by atoms with Gasteiger partial charge >= 0.3 is 0 Å². The Bertz CT molecular complexity index is 833. The highest BCUT2D eigenvalue weighted by Crippen LogP contribution is 2.19. The van der Waals surface area contributed by atoms with Crippen molar-refractivity contribution in [3.8, 4) is 0 Å². The summed E-state index contributed by atoms with van der Waals surface area (Å²) in [4.78, 5) is 11.9. The summed E-state index contributed by atoms with van der Waals surface area (Å²) in [6, 6.07) is 15.3. The van der Waals surface area contributed by atoms with E-state index in [-0.39, 0.29) is 18.1 Å². The summed E-state index contributed by atoms with van der Waals surface area (Å²) in [5.41, 5.74) is 4.56. The summed E-state index contributed by atoms with van der Waals surface area (Å²) in [5, 5.41) is 5.03. The minimum atomic E-state index is -0.326. The summed E-state index contributed by atoms with van der Waals surface area (Å²) < 4.78 is 18.5. The van der Waals surface area contributed by atoms with E-state index in [1.54, 1.807) is 19.1 Å². The fourth-order valence-electron chi connectivity index (χ4n) is 2.19. The maximum atomic E-state index is 12.8. The molecule has 0 aliphatic rings. The lowest BCUT2D eigenvalue weighted by atomic mass is 10.1. The number of nitrogens with zero attached hydrogens (tertiary/aromatic N) is 1. The number of hydrogen-bond donors (Lipinski definition) is 1. The number of amides is 1. The number of nitrogens with one attached hydrogen (secondary N) is 1. The van der Waals surface area contributed by atoms with E-state index in [2.05, 4.69) is 10.5 Å². The van der Waals surface area contributed by atoms with Crippen molar-refractivity contribution in [2.75, 3.05) is 0 Å². The fraction of sp³-hybridized carbons (Fsp3) is 0.111. The molecular weight excluding hydrogens is 295 g/mol. The van der Waals surface area contributed by atoms with Gasteiger partial charge in [0, 0.05) is 5.39 Å². The zero-order valence-corrected chi connectivity index (χ0v) is 12.5. The molecule has 0 saturated carbocycles. The van der Waals surface area contributed by atoms with E-state index >= 15 is 0 Å². The first-order valence-electron chi connectivity index (χ1n) is 7.18. The predicted molar refractivity (Wildman–Crippen MR) is 86.7 cm³/mol. The lowest BCUT2D eigenvalue weighted by molar-refractivity contribution is -0.120. The Kier molecular flexibility index (Phi) is 4.19. The molecular formula is C18H15FN2O2. The molecule has 116 valence electrons. The molecule has 0 fully saturated rings. The Morgan fingerprint density at radius 2 is 1.91 bits per heavy atom. The number of fused-ring (bicyclic) bond motifs is 1. The van der Waals surface area contributed by atoms with E-state index in [0.29, 0.717) is 11.5 Å². The van der Waals surface area contributed by atoms with Gasteiger partial charge in [-0.05, 0) is 36.8 Å². The summed E-state index contributed by atoms with van der Waals surface area (Å²) >= 11 is 0. The molecule has 1 aromatic heterocycles. The van der Waals surface area contributed by atoms with E-state index < -0.39 is 0 Å². The van der Waals surface area contributed by atoms with Crippen LogP contribution in [0, 0.1) is 5.82 Å². The van der Waals surface area contributed by atoms with Crippen LogP contribution in [-0.2, 0) is 11.2 Å². The van der Waals surface area contributed by atoms with Gasteiger partial charge in [0.05, 0.1) is 6.42 Å². The highest BCUT2D eigenvalue weighted by Gasteiger charge is 2.07. The molecule has 0 bridgehead atoms. The largest absolute Gasteiger partial charge is 0.455 e. The normalized spacial score (nSPS) is 11.7. The third kappa shape index (κ3) is 3.63. The van der Waals surface area contributed by atoms with Crippen molar-refractivity contribution in [3.63, 3.8) is 0 Å². The highest BCUT2D eigenvalue weighted by molar-refractivity contribution is 6.00. The molecule has 0 atom stereocenters. The van der Waals surface area contributed by atoms with E-state index in [1.807, 2.05) is 30.3 Å². The van der Waals surface area contributed by atoms with E-state index in [1.165, 1.54) is 12.1 Å². The number of halogens is 1. The highest BCUT2D eigenvalue weighted by atomic mass is 19.1. The topological polar surface area (TPSA) is 54.6 Å². The van der Waals surface area contributed by atoms with Crippen LogP contribution in [0.15, 0.2) is 64.1 Å². The van der Waals surface area contributed by atoms with Gasteiger partial charge in [-0.2, -0.15) is 5.10 Å². The smallest absolute Gasteiger partial charge is 0.244 e. The average molecular weight is 310 g/mol. The van der Waals surface area contributed by atoms with Gasteiger partial charge in [-0.1, -0.05) is 30.3 Å². The molecule has 4 nitrogen and oxygen atoms in total. The van der Waals surface area contributed by atoms with Crippen molar-refractivity contribution in [2.24, 2.45) is 5.10 Å². The maximum Gasteiger partial charge on any atom is 0.244 e. The van der Waals surface area contributed by atoms with Crippen LogP contribution >= 0.6 is 0 Å². The van der Waals surface area contributed by atoms with Crippen molar-refractivity contribution in [1.29, 1.82) is 0 Å². The molecule has 0 saturated heterocycles. The number of para-hydroxylation sites is 1. The van der Waals surface area contributed by atoms with Crippen molar-refractivity contribution in [2.45, 2.75) is 13.3 Å². The third-order valence-electron chi connectivity index (χ3n) is 3.41. The minimum Gasteiger partial charge on any atom is -0.455 e. The first-order valence-corrected chi connectivity index (χ1v) is 7.18. The van der Waals surface area contributed by atoms with Crippen LogP contribution in [0.5, 0.6) is 0 Å². The van der Waals surface area contributed by atoms with Crippen LogP contribution in [0.25, 0.3) is 11.0 Å². The standard InChI is InChI=1S/C18H15FN2O2/c1-12(17-11-14-4-2-3-5-16(14)23-17)20-21-18(22)10-13-6-8-15(19)9-7-13/h2-9,11H,10H2,1H3,(H,21,22). The van der Waals surface area contributed by atoms with Crippen molar-refractivity contribution in [1.82, 2.24) is 5.43 Å². The Labute approximate surface area is 132 Å². The average Bonchev–Trinajstić information content (AvgIpc) is 2.99. The van der Waals surface area contributed by atoms with Gasteiger partial charge in [0.15, 0.2) is 5.76 Å². The number of carbonyl (C=O) groups is 1. The van der Waals surface area contributed by atoms with Crippen LogP contribution in [0.4, 0.5) is 4.39 Å². The molecule has 0 spiro atoms. The van der Waals surface area contributed by atoms with Gasteiger partial charge in [0.25, 0.3) is 0 Å². The Morgan fingerprint density at radius 1 is 1.17 bits per heavy atom. The molecule has 23 heavy (non-hydrogen) atoms. The summed E-state index contributed by atoms with van der Waals surface area (Å²) in [5.74, 6) is 0.00765. The summed E-state index contributed by atoms with van der Waals surface area (Å²) in [6.07, 6.45) is 0.136. The van der Waals surface area contributed by atoms with Gasteiger partial charge in [0.2, 0.25) is 5.91 Å². The van der Waals surface area contributed by atoms with E-state index in [4.69, 9.17) is 4.42 Å². The lowest BCUT2D eigenvalue weighted by Gasteiger charge is -2.01. The Balaban J connectivity index is 1.66. The molecule has 1 N–H and O–H groups in total. The monoisotopic (exact) mass is 310 g/mol. The molecule has 2 aromatic carbocycles. The molecule has 5 heteroatoms. The predicted octanol–water partition coefficient (Wildman–Crippen LogP) is 3.65. The van der Waals surface area contributed by atoms with E-state index in [0.717, 1.165) is 16.5 Å². The van der Waals surface area contributed by atoms with Gasteiger partial charge in [-0.25, -0.2) is 9.82 Å². The Hall–Kier alpha value is -2.95. The van der Waals surface area contributed by atoms with Crippen LogP contribution in [0.2, 0.25) is 0 Å². The van der Waals surface area contributed by atoms with Crippen LogP contribution in [0.3, 0.4) is 0 Å². The molecule has 3 aromatic rings. The second kappa shape index (κ2) is 6.44. The minimum absolute atomic E-state index is 0.136. The number of furan rings is 1. The number of rotatable bonds is 4. The number of hydrazone groups is 1. The van der Waals surface area contributed by atoms with Gasteiger partial charge < -0.3 is 4.42 Å². The van der Waals surface area contributed by atoms with Crippen LogP contribution in [-0.4, -0.2) is 11.6 Å². The zero-order valence-electron chi connectivity index (χ0n) is 12.5. The van der Waals surface area contributed by atoms with Gasteiger partial charge in [0.1, 0.15) is 17.1 Å². The molecule has 0 aliphatic heterocycles. The molecule has 0 unspecified atom stereocenters. The van der Waals surface area contributed by atoms with E-state index in [9.17, 15) is 9.18 Å². The molecule has 3 rings (SSSR count). The molecule has 0 aliphatic carbocycles. The van der Waals surface area contributed by atoms with Gasteiger partial charge in [-0.3, -0.25) is 4.79 Å². The quantitative estimate of drug-likeness (QED) is 0.590. The zero-order chi connectivity index (χ0) is 16.2. The lowest BCUT2D eigenvalue weighted by Crippen LogP contribution is -2.21. The van der Waals surface area contributed by atoms with Crippen molar-refractivity contribution >= 4 is 22.6 Å². The second-order valence-corrected chi connectivity index (χ2v) is 5.18. The van der Waals surface area contributed by atoms with Crippen LogP contribution < -0.4 is 5.43 Å². The van der Waals surface area contributed by atoms with Gasteiger partial charge in [-0.15, -0.1) is 0 Å². The van der Waals surface area contributed by atoms with Crippen molar-refractivity contribution in [3.05, 3.63) is 71.7 Å².